The number of esters is 1. The van der Waals surface area contributed by atoms with Crippen molar-refractivity contribution in [1.82, 2.24) is 5.16 Å². The molecule has 1 aromatic carbocycles. The molecule has 2 saturated carbocycles. The molecule has 0 saturated heterocycles. The third-order valence-corrected chi connectivity index (χ3v) is 9.90. The lowest BCUT2D eigenvalue weighted by Gasteiger charge is -2.48. The van der Waals surface area contributed by atoms with Crippen molar-refractivity contribution in [3.63, 3.8) is 0 Å². The standard InChI is InChI=1S/C30H33NO7/c1-15-13-29-16(2)10-20-23(28(20,3)4)19(25(29)34)11-18(14-32)24(33)30(29,36)26(15)37-27(35)21-12-22(38-31-21)17-8-6-5-7-9-17/h5-9,11-13,16,19-20,23-24,26,32-33,36H,10,14H2,1-4H3/t16?,19-,20+,23-,24+,26-,29?,30-/m0/s1. The number of hydrogen-bond acceptors (Lipinski definition) is 8. The maximum atomic E-state index is 14.4. The quantitative estimate of drug-likeness (QED) is 0.414. The molecule has 8 heteroatoms. The normalized spacial score (nSPS) is 38.8. The van der Waals surface area contributed by atoms with Gasteiger partial charge in [0.1, 0.15) is 6.10 Å². The first-order valence-electron chi connectivity index (χ1n) is 13.2. The van der Waals surface area contributed by atoms with Crippen molar-refractivity contribution >= 4 is 11.8 Å². The summed E-state index contributed by atoms with van der Waals surface area (Å²) in [5.74, 6) is -1.25. The van der Waals surface area contributed by atoms with E-state index < -0.39 is 41.7 Å². The van der Waals surface area contributed by atoms with Crippen LogP contribution in [-0.4, -0.2) is 56.6 Å². The molecule has 1 spiro atoms. The second-order valence-corrected chi connectivity index (χ2v) is 12.1. The lowest BCUT2D eigenvalue weighted by atomic mass is 9.59. The number of aliphatic hydroxyl groups excluding tert-OH is 2. The summed E-state index contributed by atoms with van der Waals surface area (Å²) in [5, 5.41) is 38.2. The number of fused-ring (bicyclic) bond motifs is 3. The van der Waals surface area contributed by atoms with Gasteiger partial charge in [-0.3, -0.25) is 4.79 Å². The van der Waals surface area contributed by atoms with E-state index in [9.17, 15) is 24.9 Å². The Morgan fingerprint density at radius 2 is 1.95 bits per heavy atom. The molecule has 200 valence electrons. The number of rotatable bonds is 4. The topological polar surface area (TPSA) is 130 Å². The summed E-state index contributed by atoms with van der Waals surface area (Å²) in [5.41, 5.74) is -2.46. The Morgan fingerprint density at radius 3 is 2.63 bits per heavy atom. The Labute approximate surface area is 221 Å². The van der Waals surface area contributed by atoms with Crippen LogP contribution < -0.4 is 0 Å². The minimum Gasteiger partial charge on any atom is -0.450 e. The van der Waals surface area contributed by atoms with E-state index in [0.717, 1.165) is 5.56 Å². The van der Waals surface area contributed by atoms with Crippen molar-refractivity contribution in [2.45, 2.75) is 51.9 Å². The molecule has 0 radical (unpaired) electrons. The van der Waals surface area contributed by atoms with Crippen molar-refractivity contribution in [1.29, 1.82) is 0 Å². The van der Waals surface area contributed by atoms with E-state index in [1.165, 1.54) is 6.07 Å². The number of carbonyl (C=O) groups is 2. The van der Waals surface area contributed by atoms with Crippen LogP contribution in [0.3, 0.4) is 0 Å². The number of aliphatic hydroxyl groups is 3. The largest absolute Gasteiger partial charge is 0.450 e. The molecule has 1 heterocycles. The zero-order chi connectivity index (χ0) is 27.2. The van der Waals surface area contributed by atoms with E-state index in [4.69, 9.17) is 9.26 Å². The Kier molecular flexibility index (Phi) is 5.45. The molecule has 2 unspecified atom stereocenters. The van der Waals surface area contributed by atoms with Crippen LogP contribution in [0.1, 0.15) is 44.6 Å². The molecule has 0 amide bonds. The average molecular weight is 520 g/mol. The number of allylic oxidation sites excluding steroid dienone is 1. The zero-order valence-corrected chi connectivity index (χ0v) is 21.9. The summed E-state index contributed by atoms with van der Waals surface area (Å²) in [4.78, 5) is 27.7. The molecule has 2 fully saturated rings. The van der Waals surface area contributed by atoms with Gasteiger partial charge < -0.3 is 24.6 Å². The molecular weight excluding hydrogens is 486 g/mol. The maximum Gasteiger partial charge on any atom is 0.361 e. The highest BCUT2D eigenvalue weighted by atomic mass is 16.6. The summed E-state index contributed by atoms with van der Waals surface area (Å²) in [6.45, 7) is 7.37. The number of benzene rings is 1. The van der Waals surface area contributed by atoms with Crippen LogP contribution in [0.2, 0.25) is 0 Å². The summed E-state index contributed by atoms with van der Waals surface area (Å²) in [6, 6.07) is 10.6. The van der Waals surface area contributed by atoms with Crippen molar-refractivity contribution in [2.24, 2.45) is 34.5 Å². The predicted molar refractivity (Wildman–Crippen MR) is 136 cm³/mol. The highest BCUT2D eigenvalue weighted by Gasteiger charge is 2.76. The molecule has 6 rings (SSSR count). The number of nitrogens with zero attached hydrogens (tertiary/aromatic N) is 1. The lowest BCUT2D eigenvalue weighted by Crippen LogP contribution is -2.65. The average Bonchev–Trinajstić information content (AvgIpc) is 3.20. The summed E-state index contributed by atoms with van der Waals surface area (Å²) >= 11 is 0. The van der Waals surface area contributed by atoms with Crippen LogP contribution in [0.5, 0.6) is 0 Å². The van der Waals surface area contributed by atoms with E-state index in [2.05, 4.69) is 19.0 Å². The smallest absolute Gasteiger partial charge is 0.361 e. The number of ketones is 1. The van der Waals surface area contributed by atoms with Gasteiger partial charge in [0.25, 0.3) is 0 Å². The molecule has 1 aromatic heterocycles. The first kappa shape index (κ1) is 25.2. The van der Waals surface area contributed by atoms with E-state index in [1.54, 1.807) is 19.1 Å². The SMILES string of the molecule is CC1=CC23C(=O)[C@@H](C=C(CO)[C@@H](O)[C@]2(O)[C@H]1OC(=O)c1cc(-c2ccccc2)on1)[C@H]1[C@@H](CC3C)C1(C)C. The molecule has 2 aromatic rings. The Balaban J connectivity index is 1.40. The first-order valence-corrected chi connectivity index (χ1v) is 13.2. The Bertz CT molecular complexity index is 1370. The second kappa shape index (κ2) is 8.21. The number of carbonyl (C=O) groups excluding carboxylic acids is 2. The van der Waals surface area contributed by atoms with E-state index in [0.29, 0.717) is 17.8 Å². The van der Waals surface area contributed by atoms with Crippen molar-refractivity contribution in [3.05, 3.63) is 65.4 Å². The monoisotopic (exact) mass is 519 g/mol. The van der Waals surface area contributed by atoms with E-state index >= 15 is 0 Å². The summed E-state index contributed by atoms with van der Waals surface area (Å²) in [6.07, 6.45) is 1.10. The predicted octanol–water partition coefficient (Wildman–Crippen LogP) is 3.33. The van der Waals surface area contributed by atoms with Gasteiger partial charge >= 0.3 is 5.97 Å². The fourth-order valence-corrected chi connectivity index (χ4v) is 7.87. The maximum absolute atomic E-state index is 14.4. The minimum atomic E-state index is -2.19. The Hall–Kier alpha value is -3.07. The number of hydrogen-bond donors (Lipinski definition) is 3. The second-order valence-electron chi connectivity index (χ2n) is 12.1. The highest BCUT2D eigenvalue weighted by Crippen LogP contribution is 2.71. The molecule has 2 bridgehead atoms. The fraction of sp³-hybridized carbons (Fsp3) is 0.500. The van der Waals surface area contributed by atoms with Crippen LogP contribution in [0, 0.1) is 34.5 Å². The van der Waals surface area contributed by atoms with Crippen LogP contribution in [-0.2, 0) is 9.53 Å². The van der Waals surface area contributed by atoms with Gasteiger partial charge in [-0.2, -0.15) is 0 Å². The number of Topliss-reactive ketones (excluding diaryl/α,β-unsaturated/α-hetero) is 1. The van der Waals surface area contributed by atoms with Gasteiger partial charge in [-0.15, -0.1) is 0 Å². The summed E-state index contributed by atoms with van der Waals surface area (Å²) < 4.78 is 11.2. The molecule has 4 aliphatic carbocycles. The third kappa shape index (κ3) is 3.11. The van der Waals surface area contributed by atoms with Crippen molar-refractivity contribution < 1.29 is 34.2 Å². The molecule has 8 nitrogen and oxygen atoms in total. The van der Waals surface area contributed by atoms with Crippen LogP contribution in [0.25, 0.3) is 11.3 Å². The molecule has 3 N–H and O–H groups in total. The fourth-order valence-electron chi connectivity index (χ4n) is 7.87. The lowest BCUT2D eigenvalue weighted by molar-refractivity contribution is -0.190. The number of aromatic nitrogens is 1. The first-order chi connectivity index (χ1) is 18.0. The van der Waals surface area contributed by atoms with Crippen molar-refractivity contribution in [3.8, 4) is 11.3 Å². The van der Waals surface area contributed by atoms with Gasteiger partial charge in [0, 0.05) is 17.5 Å². The summed E-state index contributed by atoms with van der Waals surface area (Å²) in [7, 11) is 0. The zero-order valence-electron chi connectivity index (χ0n) is 21.9. The van der Waals surface area contributed by atoms with E-state index in [-0.39, 0.29) is 40.2 Å². The molecular formula is C30H33NO7. The molecule has 38 heavy (non-hydrogen) atoms. The van der Waals surface area contributed by atoms with Gasteiger partial charge in [0.2, 0.25) is 0 Å². The van der Waals surface area contributed by atoms with Crippen LogP contribution in [0.4, 0.5) is 0 Å². The minimum absolute atomic E-state index is 0.0507. The van der Waals surface area contributed by atoms with Crippen molar-refractivity contribution in [2.75, 3.05) is 6.61 Å². The molecule has 4 aliphatic rings. The van der Waals surface area contributed by atoms with Gasteiger partial charge in [-0.1, -0.05) is 68.4 Å². The van der Waals surface area contributed by atoms with Crippen LogP contribution >= 0.6 is 0 Å². The molecule has 0 aliphatic heterocycles. The van der Waals surface area contributed by atoms with E-state index in [1.807, 2.05) is 37.3 Å². The van der Waals surface area contributed by atoms with Gasteiger partial charge in [0.05, 0.1) is 12.0 Å². The van der Waals surface area contributed by atoms with Crippen LogP contribution in [0.15, 0.2) is 64.2 Å². The molecule has 8 atom stereocenters. The van der Waals surface area contributed by atoms with Gasteiger partial charge in [0.15, 0.2) is 28.9 Å². The highest BCUT2D eigenvalue weighted by molar-refractivity contribution is 5.96. The van der Waals surface area contributed by atoms with Gasteiger partial charge in [-0.25, -0.2) is 4.79 Å². The third-order valence-electron chi connectivity index (χ3n) is 9.90. The Morgan fingerprint density at radius 1 is 1.24 bits per heavy atom. The number of ether oxygens (including phenoxy) is 1. The van der Waals surface area contributed by atoms with Gasteiger partial charge in [-0.05, 0) is 47.7 Å².